The summed E-state index contributed by atoms with van der Waals surface area (Å²) in [4.78, 5) is 14.7. The Morgan fingerprint density at radius 2 is 1.59 bits per heavy atom. The van der Waals surface area contributed by atoms with E-state index >= 15 is 0 Å². The van der Waals surface area contributed by atoms with Crippen LogP contribution in [0.4, 0.5) is 11.4 Å². The van der Waals surface area contributed by atoms with Crippen molar-refractivity contribution in [2.45, 2.75) is 13.5 Å². The monoisotopic (exact) mass is 360 g/mol. The number of hydrogen-bond acceptors (Lipinski definition) is 3. The highest BCUT2D eigenvalue weighted by Crippen LogP contribution is 2.21. The largest absolute Gasteiger partial charge is 0.497 e. The first-order valence-corrected chi connectivity index (χ1v) is 8.93. The molecule has 4 nitrogen and oxygen atoms in total. The number of nitrogens with one attached hydrogen (secondary N) is 1. The van der Waals surface area contributed by atoms with Crippen molar-refractivity contribution < 1.29 is 9.53 Å². The Morgan fingerprint density at radius 1 is 0.926 bits per heavy atom. The number of methoxy groups -OCH3 is 1. The van der Waals surface area contributed by atoms with Gasteiger partial charge in [0.1, 0.15) is 5.75 Å². The predicted octanol–water partition coefficient (Wildman–Crippen LogP) is 4.65. The number of anilines is 2. The quantitative estimate of drug-likeness (QED) is 0.667. The molecular weight excluding hydrogens is 336 g/mol. The molecule has 0 atom stereocenters. The molecule has 1 amide bonds. The van der Waals surface area contributed by atoms with E-state index in [2.05, 4.69) is 22.3 Å². The Morgan fingerprint density at radius 3 is 2.22 bits per heavy atom. The van der Waals surface area contributed by atoms with Crippen molar-refractivity contribution in [2.24, 2.45) is 0 Å². The lowest BCUT2D eigenvalue weighted by molar-refractivity contribution is -0.115. The summed E-state index contributed by atoms with van der Waals surface area (Å²) in [6, 6.07) is 25.7. The van der Waals surface area contributed by atoms with E-state index in [0.717, 1.165) is 28.3 Å². The van der Waals surface area contributed by atoms with Gasteiger partial charge in [0.25, 0.3) is 0 Å². The number of amides is 1. The molecule has 0 aliphatic carbocycles. The number of carbonyl (C=O) groups is 1. The standard InChI is InChI=1S/C23H24N2O2/c1-18-8-10-20(11-9-18)24-23(26)17-25(16-19-6-4-3-5-7-19)21-12-14-22(27-2)15-13-21/h3-15H,16-17H2,1-2H3,(H,24,26). The van der Waals surface area contributed by atoms with Gasteiger partial charge < -0.3 is 15.0 Å². The molecule has 3 aromatic carbocycles. The minimum atomic E-state index is -0.0504. The van der Waals surface area contributed by atoms with Crippen molar-refractivity contribution in [3.63, 3.8) is 0 Å². The molecule has 0 radical (unpaired) electrons. The van der Waals surface area contributed by atoms with Gasteiger partial charge >= 0.3 is 0 Å². The van der Waals surface area contributed by atoms with Gasteiger partial charge in [0.2, 0.25) is 5.91 Å². The van der Waals surface area contributed by atoms with Crippen LogP contribution in [-0.4, -0.2) is 19.6 Å². The second-order valence-electron chi connectivity index (χ2n) is 6.45. The molecule has 0 fully saturated rings. The van der Waals surface area contributed by atoms with Gasteiger partial charge in [-0.3, -0.25) is 4.79 Å². The van der Waals surface area contributed by atoms with Gasteiger partial charge in [-0.05, 0) is 48.9 Å². The van der Waals surface area contributed by atoms with Crippen LogP contribution in [0.5, 0.6) is 5.75 Å². The van der Waals surface area contributed by atoms with Crippen LogP contribution in [0.2, 0.25) is 0 Å². The van der Waals surface area contributed by atoms with E-state index in [1.807, 2.05) is 73.7 Å². The molecule has 0 bridgehead atoms. The molecule has 27 heavy (non-hydrogen) atoms. The number of ether oxygens (including phenoxy) is 1. The Labute approximate surface area is 160 Å². The van der Waals surface area contributed by atoms with Crippen LogP contribution in [0.1, 0.15) is 11.1 Å². The van der Waals surface area contributed by atoms with Crippen LogP contribution < -0.4 is 15.0 Å². The maximum Gasteiger partial charge on any atom is 0.243 e. The lowest BCUT2D eigenvalue weighted by Crippen LogP contribution is -2.32. The summed E-state index contributed by atoms with van der Waals surface area (Å²) in [7, 11) is 1.64. The third-order valence-corrected chi connectivity index (χ3v) is 4.32. The summed E-state index contributed by atoms with van der Waals surface area (Å²) < 4.78 is 5.24. The van der Waals surface area contributed by atoms with Crippen molar-refractivity contribution in [3.8, 4) is 5.75 Å². The summed E-state index contributed by atoms with van der Waals surface area (Å²) in [5.41, 5.74) is 4.09. The maximum absolute atomic E-state index is 12.6. The average molecular weight is 360 g/mol. The molecule has 3 rings (SSSR count). The fourth-order valence-electron chi connectivity index (χ4n) is 2.85. The molecule has 0 unspecified atom stereocenters. The number of nitrogens with zero attached hydrogens (tertiary/aromatic N) is 1. The minimum absolute atomic E-state index is 0.0504. The molecule has 0 saturated carbocycles. The fraction of sp³-hybridized carbons (Fsp3) is 0.174. The molecule has 0 aliphatic rings. The number of benzene rings is 3. The smallest absolute Gasteiger partial charge is 0.243 e. The summed E-state index contributed by atoms with van der Waals surface area (Å²) in [5.74, 6) is 0.744. The van der Waals surface area contributed by atoms with E-state index in [9.17, 15) is 4.79 Å². The minimum Gasteiger partial charge on any atom is -0.497 e. The van der Waals surface area contributed by atoms with E-state index in [1.165, 1.54) is 0 Å². The summed E-state index contributed by atoms with van der Waals surface area (Å²) in [5, 5.41) is 2.97. The van der Waals surface area contributed by atoms with E-state index in [0.29, 0.717) is 6.54 Å². The Balaban J connectivity index is 1.75. The normalized spacial score (nSPS) is 10.3. The lowest BCUT2D eigenvalue weighted by Gasteiger charge is -2.24. The van der Waals surface area contributed by atoms with Gasteiger partial charge in [0, 0.05) is 17.9 Å². The third-order valence-electron chi connectivity index (χ3n) is 4.32. The summed E-state index contributed by atoms with van der Waals surface area (Å²) in [6.07, 6.45) is 0. The van der Waals surface area contributed by atoms with Gasteiger partial charge in [0.05, 0.1) is 13.7 Å². The second-order valence-corrected chi connectivity index (χ2v) is 6.45. The molecule has 138 valence electrons. The number of carbonyl (C=O) groups excluding carboxylic acids is 1. The topological polar surface area (TPSA) is 41.6 Å². The highest BCUT2D eigenvalue weighted by atomic mass is 16.5. The van der Waals surface area contributed by atoms with Crippen molar-refractivity contribution in [2.75, 3.05) is 23.9 Å². The van der Waals surface area contributed by atoms with Crippen LogP contribution in [0.15, 0.2) is 78.9 Å². The molecule has 1 N–H and O–H groups in total. The highest BCUT2D eigenvalue weighted by Gasteiger charge is 2.13. The van der Waals surface area contributed by atoms with Crippen molar-refractivity contribution >= 4 is 17.3 Å². The van der Waals surface area contributed by atoms with E-state index in [-0.39, 0.29) is 12.5 Å². The zero-order valence-corrected chi connectivity index (χ0v) is 15.7. The third kappa shape index (κ3) is 5.35. The Hall–Kier alpha value is -3.27. The summed E-state index contributed by atoms with van der Waals surface area (Å²) in [6.45, 7) is 2.93. The van der Waals surface area contributed by atoms with Crippen molar-refractivity contribution in [1.82, 2.24) is 0 Å². The second kappa shape index (κ2) is 8.90. The molecule has 0 aromatic heterocycles. The van der Waals surface area contributed by atoms with E-state index in [1.54, 1.807) is 7.11 Å². The summed E-state index contributed by atoms with van der Waals surface area (Å²) >= 11 is 0. The Kier molecular flexibility index (Phi) is 6.10. The van der Waals surface area contributed by atoms with Gasteiger partial charge in [0.15, 0.2) is 0 Å². The first-order valence-electron chi connectivity index (χ1n) is 8.93. The maximum atomic E-state index is 12.6. The van der Waals surface area contributed by atoms with Crippen LogP contribution in [-0.2, 0) is 11.3 Å². The highest BCUT2D eigenvalue weighted by molar-refractivity contribution is 5.94. The van der Waals surface area contributed by atoms with Gasteiger partial charge in [-0.1, -0.05) is 48.0 Å². The first-order chi connectivity index (χ1) is 13.1. The first kappa shape index (κ1) is 18.5. The number of rotatable bonds is 7. The zero-order chi connectivity index (χ0) is 19.1. The van der Waals surface area contributed by atoms with Crippen molar-refractivity contribution in [1.29, 1.82) is 0 Å². The van der Waals surface area contributed by atoms with Gasteiger partial charge in [-0.25, -0.2) is 0 Å². The van der Waals surface area contributed by atoms with Crippen LogP contribution in [0.25, 0.3) is 0 Å². The molecule has 0 heterocycles. The molecule has 0 saturated heterocycles. The number of aryl methyl sites for hydroxylation is 1. The van der Waals surface area contributed by atoms with Crippen LogP contribution in [0, 0.1) is 6.92 Å². The molecular formula is C23H24N2O2. The SMILES string of the molecule is COc1ccc(N(CC(=O)Nc2ccc(C)cc2)Cc2ccccc2)cc1. The molecule has 0 aliphatic heterocycles. The van der Waals surface area contributed by atoms with Crippen LogP contribution in [0.3, 0.4) is 0 Å². The lowest BCUT2D eigenvalue weighted by atomic mass is 10.2. The number of hydrogen-bond donors (Lipinski definition) is 1. The Bertz CT molecular complexity index is 859. The predicted molar refractivity (Wildman–Crippen MR) is 110 cm³/mol. The van der Waals surface area contributed by atoms with Crippen LogP contribution >= 0.6 is 0 Å². The van der Waals surface area contributed by atoms with E-state index in [4.69, 9.17) is 4.74 Å². The zero-order valence-electron chi connectivity index (χ0n) is 15.7. The van der Waals surface area contributed by atoms with Crippen molar-refractivity contribution in [3.05, 3.63) is 90.0 Å². The molecule has 4 heteroatoms. The van der Waals surface area contributed by atoms with Gasteiger partial charge in [-0.15, -0.1) is 0 Å². The fourth-order valence-corrected chi connectivity index (χ4v) is 2.85. The van der Waals surface area contributed by atoms with Gasteiger partial charge in [-0.2, -0.15) is 0 Å². The molecule has 0 spiro atoms. The molecule has 3 aromatic rings. The van der Waals surface area contributed by atoms with E-state index < -0.39 is 0 Å². The average Bonchev–Trinajstić information content (AvgIpc) is 2.70.